The highest BCUT2D eigenvalue weighted by Gasteiger charge is 2.13. The minimum Gasteiger partial charge on any atom is -0.315 e. The topological polar surface area (TPSA) is 49.8 Å². The normalized spacial score (nSPS) is 19.9. The molecular formula is C9H14Cl2N4. The highest BCUT2D eigenvalue weighted by molar-refractivity contribution is 6.29. The van der Waals surface area contributed by atoms with E-state index in [4.69, 9.17) is 11.6 Å². The Hall–Kier alpha value is -0.420. The molecule has 1 atom stereocenters. The Kier molecular flexibility index (Phi) is 5.25. The zero-order valence-corrected chi connectivity index (χ0v) is 9.81. The SMILES string of the molecule is Cl.Clc1ccc(CNC2CCNC2)nn1. The largest absolute Gasteiger partial charge is 0.315 e. The Morgan fingerprint density at radius 2 is 2.33 bits per heavy atom. The van der Waals surface area contributed by atoms with E-state index in [1.54, 1.807) is 6.07 Å². The number of aromatic nitrogens is 2. The third-order valence-corrected chi connectivity index (χ3v) is 2.52. The Bertz CT molecular complexity index is 285. The summed E-state index contributed by atoms with van der Waals surface area (Å²) in [6, 6.07) is 4.22. The fourth-order valence-corrected chi connectivity index (χ4v) is 1.62. The van der Waals surface area contributed by atoms with Crippen LogP contribution in [0.5, 0.6) is 0 Å². The first-order chi connectivity index (χ1) is 6.84. The van der Waals surface area contributed by atoms with Crippen LogP contribution in [0.1, 0.15) is 12.1 Å². The van der Waals surface area contributed by atoms with E-state index >= 15 is 0 Å². The van der Waals surface area contributed by atoms with E-state index in [1.807, 2.05) is 6.07 Å². The molecule has 1 aliphatic heterocycles. The first kappa shape index (κ1) is 12.6. The number of hydrogen-bond acceptors (Lipinski definition) is 4. The summed E-state index contributed by atoms with van der Waals surface area (Å²) in [6.45, 7) is 2.90. The van der Waals surface area contributed by atoms with Crippen molar-refractivity contribution < 1.29 is 0 Å². The molecule has 2 rings (SSSR count). The monoisotopic (exact) mass is 248 g/mol. The number of nitrogens with one attached hydrogen (secondary N) is 2. The van der Waals surface area contributed by atoms with E-state index < -0.39 is 0 Å². The van der Waals surface area contributed by atoms with Gasteiger partial charge < -0.3 is 10.6 Å². The molecule has 1 unspecified atom stereocenters. The van der Waals surface area contributed by atoms with Gasteiger partial charge in [0.2, 0.25) is 0 Å². The maximum atomic E-state index is 5.63. The predicted octanol–water partition coefficient (Wildman–Crippen LogP) is 1.00. The van der Waals surface area contributed by atoms with Gasteiger partial charge in [0.25, 0.3) is 0 Å². The lowest BCUT2D eigenvalue weighted by Crippen LogP contribution is -2.30. The zero-order valence-electron chi connectivity index (χ0n) is 8.24. The van der Waals surface area contributed by atoms with Gasteiger partial charge in [0.05, 0.1) is 5.69 Å². The van der Waals surface area contributed by atoms with Crippen molar-refractivity contribution in [3.05, 3.63) is 23.0 Å². The number of rotatable bonds is 3. The average molecular weight is 249 g/mol. The molecule has 1 saturated heterocycles. The highest BCUT2D eigenvalue weighted by atomic mass is 35.5. The Balaban J connectivity index is 0.00000112. The van der Waals surface area contributed by atoms with Gasteiger partial charge in [-0.2, -0.15) is 5.10 Å². The van der Waals surface area contributed by atoms with Crippen LogP contribution in [0.4, 0.5) is 0 Å². The molecule has 84 valence electrons. The van der Waals surface area contributed by atoms with Crippen LogP contribution in [0.3, 0.4) is 0 Å². The second-order valence-corrected chi connectivity index (χ2v) is 3.81. The van der Waals surface area contributed by atoms with Crippen LogP contribution < -0.4 is 10.6 Å². The zero-order chi connectivity index (χ0) is 9.80. The van der Waals surface area contributed by atoms with Crippen molar-refractivity contribution >= 4 is 24.0 Å². The second-order valence-electron chi connectivity index (χ2n) is 3.42. The second kappa shape index (κ2) is 6.23. The summed E-state index contributed by atoms with van der Waals surface area (Å²) in [5.74, 6) is 0. The summed E-state index contributed by atoms with van der Waals surface area (Å²) in [4.78, 5) is 0. The fraction of sp³-hybridized carbons (Fsp3) is 0.556. The van der Waals surface area contributed by atoms with E-state index in [0.717, 1.165) is 25.3 Å². The maximum absolute atomic E-state index is 5.63. The lowest BCUT2D eigenvalue weighted by Gasteiger charge is -2.09. The van der Waals surface area contributed by atoms with Crippen molar-refractivity contribution in [1.82, 2.24) is 20.8 Å². The maximum Gasteiger partial charge on any atom is 0.151 e. The number of halogens is 2. The van der Waals surface area contributed by atoms with Crippen LogP contribution in [0.2, 0.25) is 5.15 Å². The summed E-state index contributed by atoms with van der Waals surface area (Å²) in [6.07, 6.45) is 1.18. The van der Waals surface area contributed by atoms with E-state index in [2.05, 4.69) is 20.8 Å². The third-order valence-electron chi connectivity index (χ3n) is 2.32. The number of nitrogens with zero attached hydrogens (tertiary/aromatic N) is 2. The van der Waals surface area contributed by atoms with Crippen molar-refractivity contribution in [3.63, 3.8) is 0 Å². The third kappa shape index (κ3) is 3.91. The van der Waals surface area contributed by atoms with Gasteiger partial charge in [-0.15, -0.1) is 17.5 Å². The molecule has 6 heteroatoms. The molecule has 2 N–H and O–H groups in total. The van der Waals surface area contributed by atoms with Gasteiger partial charge in [-0.25, -0.2) is 0 Å². The highest BCUT2D eigenvalue weighted by Crippen LogP contribution is 2.03. The lowest BCUT2D eigenvalue weighted by atomic mass is 10.2. The smallest absolute Gasteiger partial charge is 0.151 e. The minimum atomic E-state index is 0. The molecule has 1 fully saturated rings. The molecule has 1 aromatic heterocycles. The van der Waals surface area contributed by atoms with Gasteiger partial charge in [0, 0.05) is 19.1 Å². The molecular weight excluding hydrogens is 235 g/mol. The van der Waals surface area contributed by atoms with Crippen molar-refractivity contribution in [2.75, 3.05) is 13.1 Å². The number of hydrogen-bond donors (Lipinski definition) is 2. The van der Waals surface area contributed by atoms with Crippen molar-refractivity contribution in [1.29, 1.82) is 0 Å². The van der Waals surface area contributed by atoms with Crippen molar-refractivity contribution in [2.24, 2.45) is 0 Å². The Morgan fingerprint density at radius 3 is 2.93 bits per heavy atom. The average Bonchev–Trinajstić information content (AvgIpc) is 2.70. The van der Waals surface area contributed by atoms with Gasteiger partial charge in [-0.3, -0.25) is 0 Å². The molecule has 4 nitrogen and oxygen atoms in total. The predicted molar refractivity (Wildman–Crippen MR) is 62.4 cm³/mol. The van der Waals surface area contributed by atoms with Crippen LogP contribution in [0.25, 0.3) is 0 Å². The molecule has 0 bridgehead atoms. The molecule has 0 aliphatic carbocycles. The van der Waals surface area contributed by atoms with Gasteiger partial charge in [0.1, 0.15) is 0 Å². The Morgan fingerprint density at radius 1 is 1.47 bits per heavy atom. The van der Waals surface area contributed by atoms with Crippen LogP contribution in [-0.2, 0) is 6.54 Å². The molecule has 0 radical (unpaired) electrons. The molecule has 0 spiro atoms. The lowest BCUT2D eigenvalue weighted by molar-refractivity contribution is 0.539. The molecule has 1 aliphatic rings. The van der Waals surface area contributed by atoms with E-state index in [-0.39, 0.29) is 12.4 Å². The van der Waals surface area contributed by atoms with Crippen molar-refractivity contribution in [3.8, 4) is 0 Å². The van der Waals surface area contributed by atoms with Gasteiger partial charge >= 0.3 is 0 Å². The van der Waals surface area contributed by atoms with Gasteiger partial charge in [-0.1, -0.05) is 11.6 Å². The first-order valence-electron chi connectivity index (χ1n) is 4.77. The van der Waals surface area contributed by atoms with Crippen molar-refractivity contribution in [2.45, 2.75) is 19.0 Å². The standard InChI is InChI=1S/C9H13ClN4.ClH/c10-9-2-1-8(13-14-9)6-12-7-3-4-11-5-7;/h1-2,7,11-12H,3-6H2;1H. The molecule has 15 heavy (non-hydrogen) atoms. The summed E-state index contributed by atoms with van der Waals surface area (Å²) < 4.78 is 0. The van der Waals surface area contributed by atoms with Crippen LogP contribution in [0, 0.1) is 0 Å². The van der Waals surface area contributed by atoms with E-state index in [1.165, 1.54) is 6.42 Å². The first-order valence-corrected chi connectivity index (χ1v) is 5.14. The van der Waals surface area contributed by atoms with E-state index in [0.29, 0.717) is 11.2 Å². The molecule has 2 heterocycles. The van der Waals surface area contributed by atoms with Crippen LogP contribution >= 0.6 is 24.0 Å². The quantitative estimate of drug-likeness (QED) is 0.839. The van der Waals surface area contributed by atoms with Gasteiger partial charge in [0.15, 0.2) is 5.15 Å². The minimum absolute atomic E-state index is 0. The molecule has 0 amide bonds. The van der Waals surface area contributed by atoms with Gasteiger partial charge in [-0.05, 0) is 25.1 Å². The summed E-state index contributed by atoms with van der Waals surface area (Å²) in [5.41, 5.74) is 0.932. The fourth-order valence-electron chi connectivity index (χ4n) is 1.52. The molecule has 0 saturated carbocycles. The molecule has 0 aromatic carbocycles. The summed E-state index contributed by atoms with van der Waals surface area (Å²) in [5, 5.41) is 14.9. The van der Waals surface area contributed by atoms with E-state index in [9.17, 15) is 0 Å². The summed E-state index contributed by atoms with van der Waals surface area (Å²) in [7, 11) is 0. The van der Waals surface area contributed by atoms with Crippen LogP contribution in [-0.4, -0.2) is 29.3 Å². The van der Waals surface area contributed by atoms with Crippen LogP contribution in [0.15, 0.2) is 12.1 Å². The Labute approximate surface area is 100 Å². The summed E-state index contributed by atoms with van der Waals surface area (Å²) >= 11 is 5.63. The molecule has 1 aromatic rings.